The van der Waals surface area contributed by atoms with Crippen LogP contribution in [0.3, 0.4) is 0 Å². The molecule has 0 spiro atoms. The highest BCUT2D eigenvalue weighted by Crippen LogP contribution is 2.17. The monoisotopic (exact) mass is 283 g/mol. The van der Waals surface area contributed by atoms with Gasteiger partial charge in [-0.25, -0.2) is 4.68 Å². The van der Waals surface area contributed by atoms with Crippen molar-refractivity contribution in [1.29, 1.82) is 0 Å². The first kappa shape index (κ1) is 14.3. The summed E-state index contributed by atoms with van der Waals surface area (Å²) in [7, 11) is 1.83. The van der Waals surface area contributed by atoms with E-state index >= 15 is 0 Å². The Bertz CT molecular complexity index is 403. The first-order valence-electron chi connectivity index (χ1n) is 6.84. The molecule has 7 heteroatoms. The van der Waals surface area contributed by atoms with Crippen molar-refractivity contribution in [2.24, 2.45) is 7.05 Å². The summed E-state index contributed by atoms with van der Waals surface area (Å²) in [5, 5.41) is 14.4. The largest absolute Gasteiger partial charge is 0.353 e. The third kappa shape index (κ3) is 4.81. The van der Waals surface area contributed by atoms with Crippen LogP contribution < -0.4 is 5.32 Å². The van der Waals surface area contributed by atoms with Crippen LogP contribution in [0.4, 0.5) is 0 Å². The zero-order chi connectivity index (χ0) is 13.5. The van der Waals surface area contributed by atoms with Crippen molar-refractivity contribution in [3.8, 4) is 0 Å². The average Bonchev–Trinajstić information content (AvgIpc) is 2.81. The molecule has 0 aromatic carbocycles. The molecule has 1 aromatic rings. The van der Waals surface area contributed by atoms with Crippen LogP contribution in [0, 0.1) is 0 Å². The third-order valence-electron chi connectivity index (χ3n) is 3.38. The second-order valence-electron chi connectivity index (χ2n) is 4.92. The van der Waals surface area contributed by atoms with Crippen molar-refractivity contribution in [3.63, 3.8) is 0 Å². The van der Waals surface area contributed by atoms with Crippen LogP contribution in [0.15, 0.2) is 0 Å². The standard InChI is InChI=1S/C12H21N5OS/c1-17-11(14-15-16-17)9-19-8-7-12(18)13-10-5-3-2-4-6-10/h10H,2-9H2,1H3,(H,13,18). The molecule has 0 unspecified atom stereocenters. The molecule has 1 N–H and O–H groups in total. The quantitative estimate of drug-likeness (QED) is 0.796. The highest BCUT2D eigenvalue weighted by Gasteiger charge is 2.15. The van der Waals surface area contributed by atoms with Gasteiger partial charge in [0.15, 0.2) is 5.82 Å². The Balaban J connectivity index is 1.57. The summed E-state index contributed by atoms with van der Waals surface area (Å²) in [6.07, 6.45) is 6.67. The number of amides is 1. The van der Waals surface area contributed by atoms with Crippen LogP contribution in [0.2, 0.25) is 0 Å². The number of aromatic nitrogens is 4. The number of hydrogen-bond donors (Lipinski definition) is 1. The van der Waals surface area contributed by atoms with Gasteiger partial charge in [-0.2, -0.15) is 11.8 Å². The Morgan fingerprint density at radius 3 is 2.89 bits per heavy atom. The molecule has 2 rings (SSSR count). The third-order valence-corrected chi connectivity index (χ3v) is 4.34. The molecule has 1 aliphatic rings. The molecule has 0 aliphatic heterocycles. The van der Waals surface area contributed by atoms with E-state index in [1.807, 2.05) is 7.05 Å². The summed E-state index contributed by atoms with van der Waals surface area (Å²) in [6.45, 7) is 0. The number of nitrogens with one attached hydrogen (secondary N) is 1. The van der Waals surface area contributed by atoms with Gasteiger partial charge in [0.25, 0.3) is 0 Å². The number of aryl methyl sites for hydroxylation is 1. The molecule has 0 atom stereocenters. The molecule has 1 amide bonds. The van der Waals surface area contributed by atoms with Crippen molar-refractivity contribution in [2.75, 3.05) is 5.75 Å². The second-order valence-corrected chi connectivity index (χ2v) is 6.03. The van der Waals surface area contributed by atoms with Gasteiger partial charge in [0, 0.05) is 25.3 Å². The Kier molecular flexibility index (Phi) is 5.62. The molecule has 1 aliphatic carbocycles. The maximum atomic E-state index is 11.8. The van der Waals surface area contributed by atoms with Crippen molar-refractivity contribution in [1.82, 2.24) is 25.5 Å². The van der Waals surface area contributed by atoms with Crippen molar-refractivity contribution >= 4 is 17.7 Å². The van der Waals surface area contributed by atoms with Gasteiger partial charge >= 0.3 is 0 Å². The van der Waals surface area contributed by atoms with Crippen LogP contribution in [0.25, 0.3) is 0 Å². The average molecular weight is 283 g/mol. The number of hydrogen-bond acceptors (Lipinski definition) is 5. The zero-order valence-electron chi connectivity index (χ0n) is 11.3. The Hall–Kier alpha value is -1.11. The molecule has 0 saturated heterocycles. The topological polar surface area (TPSA) is 72.7 Å². The predicted octanol–water partition coefficient (Wildman–Crippen LogP) is 1.28. The molecular formula is C12H21N5OS. The minimum Gasteiger partial charge on any atom is -0.353 e. The summed E-state index contributed by atoms with van der Waals surface area (Å²) in [5.41, 5.74) is 0. The van der Waals surface area contributed by atoms with Gasteiger partial charge in [0.2, 0.25) is 5.91 Å². The van der Waals surface area contributed by atoms with E-state index < -0.39 is 0 Å². The van der Waals surface area contributed by atoms with Crippen LogP contribution in [-0.2, 0) is 17.6 Å². The molecule has 0 radical (unpaired) electrons. The fourth-order valence-corrected chi connectivity index (χ4v) is 3.15. The van der Waals surface area contributed by atoms with E-state index in [4.69, 9.17) is 0 Å². The second kappa shape index (κ2) is 7.47. The van der Waals surface area contributed by atoms with E-state index in [0.29, 0.717) is 12.5 Å². The molecule has 1 heterocycles. The Morgan fingerprint density at radius 2 is 2.21 bits per heavy atom. The van der Waals surface area contributed by atoms with Gasteiger partial charge in [-0.1, -0.05) is 19.3 Å². The van der Waals surface area contributed by atoms with Crippen molar-refractivity contribution in [3.05, 3.63) is 5.82 Å². The van der Waals surface area contributed by atoms with Gasteiger partial charge in [0.1, 0.15) is 0 Å². The smallest absolute Gasteiger partial charge is 0.221 e. The minimum absolute atomic E-state index is 0.176. The van der Waals surface area contributed by atoms with Gasteiger partial charge < -0.3 is 5.32 Å². The minimum atomic E-state index is 0.176. The normalized spacial score (nSPS) is 16.5. The summed E-state index contributed by atoms with van der Waals surface area (Å²) in [5.74, 6) is 2.58. The van der Waals surface area contributed by atoms with Crippen LogP contribution in [-0.4, -0.2) is 37.9 Å². The van der Waals surface area contributed by atoms with E-state index in [-0.39, 0.29) is 5.91 Å². The number of thioether (sulfide) groups is 1. The summed E-state index contributed by atoms with van der Waals surface area (Å²) >= 11 is 1.69. The van der Waals surface area contributed by atoms with E-state index in [0.717, 1.165) is 30.2 Å². The van der Waals surface area contributed by atoms with Crippen LogP contribution in [0.1, 0.15) is 44.3 Å². The lowest BCUT2D eigenvalue weighted by Gasteiger charge is -2.22. The maximum absolute atomic E-state index is 11.8. The highest BCUT2D eigenvalue weighted by atomic mass is 32.2. The lowest BCUT2D eigenvalue weighted by atomic mass is 9.95. The Labute approximate surface area is 117 Å². The van der Waals surface area contributed by atoms with E-state index in [9.17, 15) is 4.79 Å². The van der Waals surface area contributed by atoms with Gasteiger partial charge in [-0.05, 0) is 23.3 Å². The molecule has 106 valence electrons. The van der Waals surface area contributed by atoms with Crippen molar-refractivity contribution in [2.45, 2.75) is 50.3 Å². The first-order chi connectivity index (χ1) is 9.25. The molecule has 1 aromatic heterocycles. The van der Waals surface area contributed by atoms with E-state index in [1.165, 1.54) is 19.3 Å². The molecular weight excluding hydrogens is 262 g/mol. The van der Waals surface area contributed by atoms with Gasteiger partial charge in [-0.3, -0.25) is 4.79 Å². The van der Waals surface area contributed by atoms with Crippen LogP contribution >= 0.6 is 11.8 Å². The number of tetrazole rings is 1. The Morgan fingerprint density at radius 1 is 1.42 bits per heavy atom. The molecule has 1 saturated carbocycles. The zero-order valence-corrected chi connectivity index (χ0v) is 12.2. The molecule has 19 heavy (non-hydrogen) atoms. The van der Waals surface area contributed by atoms with Gasteiger partial charge in [-0.15, -0.1) is 5.10 Å². The summed E-state index contributed by atoms with van der Waals surface area (Å²) < 4.78 is 1.66. The highest BCUT2D eigenvalue weighted by molar-refractivity contribution is 7.98. The molecule has 1 fully saturated rings. The van der Waals surface area contributed by atoms with E-state index in [2.05, 4.69) is 20.8 Å². The van der Waals surface area contributed by atoms with Gasteiger partial charge in [0.05, 0.1) is 5.75 Å². The fraction of sp³-hybridized carbons (Fsp3) is 0.833. The summed E-state index contributed by atoms with van der Waals surface area (Å²) in [6, 6.07) is 0.411. The first-order valence-corrected chi connectivity index (χ1v) is 7.99. The summed E-state index contributed by atoms with van der Waals surface area (Å²) in [4.78, 5) is 11.8. The predicted molar refractivity (Wildman–Crippen MR) is 74.6 cm³/mol. The SMILES string of the molecule is Cn1nnnc1CSCCC(=O)NC1CCCCC1. The van der Waals surface area contributed by atoms with Crippen LogP contribution in [0.5, 0.6) is 0 Å². The number of nitrogens with zero attached hydrogens (tertiary/aromatic N) is 4. The fourth-order valence-electron chi connectivity index (χ4n) is 2.25. The number of carbonyl (C=O) groups excluding carboxylic acids is 1. The molecule has 6 nitrogen and oxygen atoms in total. The maximum Gasteiger partial charge on any atom is 0.221 e. The lowest BCUT2D eigenvalue weighted by Crippen LogP contribution is -2.36. The molecule has 0 bridgehead atoms. The number of carbonyl (C=O) groups is 1. The van der Waals surface area contributed by atoms with E-state index in [1.54, 1.807) is 16.4 Å². The number of rotatable bonds is 6. The lowest BCUT2D eigenvalue weighted by molar-refractivity contribution is -0.121. The van der Waals surface area contributed by atoms with Crippen molar-refractivity contribution < 1.29 is 4.79 Å².